The maximum Gasteiger partial charge on any atom is 0.308 e. The lowest BCUT2D eigenvalue weighted by Gasteiger charge is -2.33. The topological polar surface area (TPSA) is 119 Å². The van der Waals surface area contributed by atoms with Gasteiger partial charge in [-0.3, -0.25) is 10.1 Å². The van der Waals surface area contributed by atoms with Gasteiger partial charge in [0.15, 0.2) is 0 Å². The second kappa shape index (κ2) is 5.81. The van der Waals surface area contributed by atoms with E-state index in [0.29, 0.717) is 13.0 Å². The Morgan fingerprint density at radius 1 is 1.50 bits per heavy atom. The van der Waals surface area contributed by atoms with E-state index in [0.717, 1.165) is 18.9 Å². The molecule has 1 aliphatic heterocycles. The van der Waals surface area contributed by atoms with Crippen LogP contribution in [0.3, 0.4) is 0 Å². The van der Waals surface area contributed by atoms with Crippen LogP contribution in [0.15, 0.2) is 23.4 Å². The van der Waals surface area contributed by atoms with Crippen molar-refractivity contribution in [2.45, 2.75) is 30.3 Å². The van der Waals surface area contributed by atoms with Crippen LogP contribution in [0.1, 0.15) is 19.3 Å². The lowest BCUT2D eigenvalue weighted by Crippen LogP contribution is -2.47. The SMILES string of the molecule is NC[C@H]1CCCCN1S(=O)(=O)c1ncccc1[N+](=O)[O-]. The lowest BCUT2D eigenvalue weighted by atomic mass is 10.1. The van der Waals surface area contributed by atoms with Gasteiger partial charge in [-0.05, 0) is 18.9 Å². The van der Waals surface area contributed by atoms with E-state index in [-0.39, 0.29) is 12.6 Å². The minimum atomic E-state index is -4.00. The Morgan fingerprint density at radius 2 is 2.25 bits per heavy atom. The molecule has 0 bridgehead atoms. The fourth-order valence-corrected chi connectivity index (χ4v) is 4.13. The number of hydrogen-bond donors (Lipinski definition) is 1. The fraction of sp³-hybridized carbons (Fsp3) is 0.545. The summed E-state index contributed by atoms with van der Waals surface area (Å²) in [6, 6.07) is 2.16. The molecule has 110 valence electrons. The molecule has 1 atom stereocenters. The minimum absolute atomic E-state index is 0.194. The van der Waals surface area contributed by atoms with E-state index >= 15 is 0 Å². The molecule has 0 aliphatic carbocycles. The summed E-state index contributed by atoms with van der Waals surface area (Å²) in [5, 5.41) is 10.5. The monoisotopic (exact) mass is 300 g/mol. The average Bonchev–Trinajstić information content (AvgIpc) is 2.47. The maximum atomic E-state index is 12.6. The van der Waals surface area contributed by atoms with Crippen molar-refractivity contribution in [1.29, 1.82) is 0 Å². The van der Waals surface area contributed by atoms with Crippen LogP contribution in [0.25, 0.3) is 0 Å². The first-order valence-electron chi connectivity index (χ1n) is 6.30. The molecule has 1 aromatic heterocycles. The summed E-state index contributed by atoms with van der Waals surface area (Å²) < 4.78 is 26.4. The molecular weight excluding hydrogens is 284 g/mol. The van der Waals surface area contributed by atoms with E-state index in [1.165, 1.54) is 16.6 Å². The van der Waals surface area contributed by atoms with Gasteiger partial charge >= 0.3 is 5.69 Å². The summed E-state index contributed by atoms with van der Waals surface area (Å²) in [4.78, 5) is 13.9. The Balaban J connectivity index is 2.47. The molecule has 1 saturated heterocycles. The molecule has 2 N–H and O–H groups in total. The zero-order chi connectivity index (χ0) is 14.8. The van der Waals surface area contributed by atoms with Gasteiger partial charge < -0.3 is 5.73 Å². The number of aromatic nitrogens is 1. The lowest BCUT2D eigenvalue weighted by molar-refractivity contribution is -0.388. The van der Waals surface area contributed by atoms with Crippen LogP contribution in [0, 0.1) is 10.1 Å². The number of pyridine rings is 1. The predicted octanol–water partition coefficient (Wildman–Crippen LogP) is 0.492. The number of sulfonamides is 1. The first-order chi connectivity index (χ1) is 9.48. The van der Waals surface area contributed by atoms with E-state index in [1.54, 1.807) is 0 Å². The molecule has 0 spiro atoms. The first-order valence-corrected chi connectivity index (χ1v) is 7.74. The number of rotatable bonds is 4. The molecule has 1 aliphatic rings. The number of hydrogen-bond acceptors (Lipinski definition) is 6. The normalized spacial score (nSPS) is 20.8. The molecular formula is C11H16N4O4S. The third-order valence-electron chi connectivity index (χ3n) is 3.35. The van der Waals surface area contributed by atoms with Crippen LogP contribution in [0.2, 0.25) is 0 Å². The Morgan fingerprint density at radius 3 is 2.90 bits per heavy atom. The molecule has 1 aromatic rings. The summed E-state index contributed by atoms with van der Waals surface area (Å²) >= 11 is 0. The average molecular weight is 300 g/mol. The van der Waals surface area contributed by atoms with Crippen molar-refractivity contribution in [3.05, 3.63) is 28.4 Å². The van der Waals surface area contributed by atoms with Crippen LogP contribution >= 0.6 is 0 Å². The van der Waals surface area contributed by atoms with Crippen LogP contribution in [0.4, 0.5) is 5.69 Å². The molecule has 9 heteroatoms. The largest absolute Gasteiger partial charge is 0.329 e. The van der Waals surface area contributed by atoms with Crippen molar-refractivity contribution in [2.24, 2.45) is 5.73 Å². The summed E-state index contributed by atoms with van der Waals surface area (Å²) in [6.45, 7) is 0.512. The second-order valence-electron chi connectivity index (χ2n) is 4.59. The molecule has 2 heterocycles. The highest BCUT2D eigenvalue weighted by Gasteiger charge is 2.37. The van der Waals surface area contributed by atoms with Gasteiger partial charge in [-0.25, -0.2) is 13.4 Å². The number of nitro groups is 1. The Hall–Kier alpha value is -1.58. The van der Waals surface area contributed by atoms with Gasteiger partial charge in [0.2, 0.25) is 5.03 Å². The number of piperidine rings is 1. The molecule has 0 amide bonds. The number of nitrogens with two attached hydrogens (primary N) is 1. The van der Waals surface area contributed by atoms with E-state index in [9.17, 15) is 18.5 Å². The molecule has 8 nitrogen and oxygen atoms in total. The van der Waals surface area contributed by atoms with Crippen molar-refractivity contribution < 1.29 is 13.3 Å². The number of nitrogens with zero attached hydrogens (tertiary/aromatic N) is 3. The molecule has 0 radical (unpaired) electrons. The highest BCUT2D eigenvalue weighted by Crippen LogP contribution is 2.28. The van der Waals surface area contributed by atoms with Gasteiger partial charge in [0, 0.05) is 31.4 Å². The van der Waals surface area contributed by atoms with Crippen LogP contribution in [-0.2, 0) is 10.0 Å². The van der Waals surface area contributed by atoms with Crippen molar-refractivity contribution in [3.8, 4) is 0 Å². The van der Waals surface area contributed by atoms with Gasteiger partial charge in [-0.1, -0.05) is 6.42 Å². The minimum Gasteiger partial charge on any atom is -0.329 e. The van der Waals surface area contributed by atoms with Crippen molar-refractivity contribution in [2.75, 3.05) is 13.1 Å². The van der Waals surface area contributed by atoms with Crippen molar-refractivity contribution in [3.63, 3.8) is 0 Å². The molecule has 0 unspecified atom stereocenters. The molecule has 1 fully saturated rings. The fourth-order valence-electron chi connectivity index (χ4n) is 2.36. The summed E-state index contributed by atoms with van der Waals surface area (Å²) in [7, 11) is -4.00. The van der Waals surface area contributed by atoms with Crippen LogP contribution in [-0.4, -0.2) is 41.8 Å². The third kappa shape index (κ3) is 2.65. The first kappa shape index (κ1) is 14.8. The Bertz CT molecular complexity index is 604. The van der Waals surface area contributed by atoms with E-state index < -0.39 is 25.7 Å². The van der Waals surface area contributed by atoms with Gasteiger partial charge in [-0.2, -0.15) is 4.31 Å². The summed E-state index contributed by atoms with van der Waals surface area (Å²) in [6.07, 6.45) is 3.52. The zero-order valence-corrected chi connectivity index (χ0v) is 11.6. The van der Waals surface area contributed by atoms with Gasteiger partial charge in [0.25, 0.3) is 10.0 Å². The van der Waals surface area contributed by atoms with Gasteiger partial charge in [-0.15, -0.1) is 0 Å². The summed E-state index contributed by atoms with van der Waals surface area (Å²) in [5.74, 6) is 0. The zero-order valence-electron chi connectivity index (χ0n) is 10.8. The molecule has 20 heavy (non-hydrogen) atoms. The predicted molar refractivity (Wildman–Crippen MR) is 71.5 cm³/mol. The van der Waals surface area contributed by atoms with Gasteiger partial charge in [0.1, 0.15) is 0 Å². The van der Waals surface area contributed by atoms with Gasteiger partial charge in [0.05, 0.1) is 4.92 Å². The smallest absolute Gasteiger partial charge is 0.308 e. The standard InChI is InChI=1S/C11H16N4O4S/c12-8-9-4-1-2-7-14(9)20(18,19)11-10(15(16)17)5-3-6-13-11/h3,5-6,9H,1-2,4,7-8,12H2/t9-/m1/s1. The van der Waals surface area contributed by atoms with E-state index in [4.69, 9.17) is 5.73 Å². The van der Waals surface area contributed by atoms with Crippen molar-refractivity contribution in [1.82, 2.24) is 9.29 Å². The Labute approximate surface area is 116 Å². The van der Waals surface area contributed by atoms with Crippen molar-refractivity contribution >= 4 is 15.7 Å². The summed E-state index contributed by atoms with van der Waals surface area (Å²) in [5.41, 5.74) is 5.10. The van der Waals surface area contributed by atoms with E-state index in [2.05, 4.69) is 4.98 Å². The molecule has 0 aromatic carbocycles. The quantitative estimate of drug-likeness (QED) is 0.638. The maximum absolute atomic E-state index is 12.6. The second-order valence-corrected chi connectivity index (χ2v) is 6.39. The highest BCUT2D eigenvalue weighted by atomic mass is 32.2. The highest BCUT2D eigenvalue weighted by molar-refractivity contribution is 7.89. The Kier molecular flexibility index (Phi) is 4.31. The van der Waals surface area contributed by atoms with E-state index in [1.807, 2.05) is 0 Å². The molecule has 0 saturated carbocycles. The third-order valence-corrected chi connectivity index (χ3v) is 5.25. The van der Waals surface area contributed by atoms with Crippen LogP contribution in [0.5, 0.6) is 0 Å². The van der Waals surface area contributed by atoms with Crippen LogP contribution < -0.4 is 5.73 Å². The molecule has 2 rings (SSSR count).